The van der Waals surface area contributed by atoms with Crippen molar-refractivity contribution < 1.29 is 4.79 Å². The number of thiophene rings is 1. The van der Waals surface area contributed by atoms with Gasteiger partial charge in [-0.1, -0.05) is 25.1 Å². The van der Waals surface area contributed by atoms with Crippen LogP contribution in [0.2, 0.25) is 0 Å². The van der Waals surface area contributed by atoms with E-state index in [1.165, 1.54) is 11.3 Å². The second kappa shape index (κ2) is 5.67. The van der Waals surface area contributed by atoms with Gasteiger partial charge in [-0.2, -0.15) is 0 Å². The average molecular weight is 300 g/mol. The minimum atomic E-state index is -0.246. The molecule has 2 aromatic heterocycles. The number of amides is 1. The summed E-state index contributed by atoms with van der Waals surface area (Å²) in [6, 6.07) is 8.02. The lowest BCUT2D eigenvalue weighted by molar-refractivity contribution is 0.0957. The van der Waals surface area contributed by atoms with E-state index in [4.69, 9.17) is 5.84 Å². The molecule has 0 saturated carbocycles. The zero-order chi connectivity index (χ0) is 14.8. The number of nitrogens with one attached hydrogen (secondary N) is 1. The van der Waals surface area contributed by atoms with Crippen molar-refractivity contribution in [3.8, 4) is 0 Å². The monoisotopic (exact) mass is 300 g/mol. The van der Waals surface area contributed by atoms with Crippen LogP contribution in [0.15, 0.2) is 36.7 Å². The molecule has 3 aromatic rings. The first-order valence-electron chi connectivity index (χ1n) is 6.76. The van der Waals surface area contributed by atoms with Crippen LogP contribution in [-0.2, 0) is 13.0 Å². The third-order valence-electron chi connectivity index (χ3n) is 3.48. The van der Waals surface area contributed by atoms with Crippen LogP contribution in [0.1, 0.15) is 28.0 Å². The first kappa shape index (κ1) is 13.8. The quantitative estimate of drug-likeness (QED) is 0.441. The van der Waals surface area contributed by atoms with Gasteiger partial charge in [-0.3, -0.25) is 10.2 Å². The number of carbonyl (C=O) groups excluding carboxylic acids is 1. The molecule has 2 heterocycles. The van der Waals surface area contributed by atoms with E-state index >= 15 is 0 Å². The van der Waals surface area contributed by atoms with E-state index in [2.05, 4.69) is 21.9 Å². The summed E-state index contributed by atoms with van der Waals surface area (Å²) in [6.45, 7) is 2.69. The highest BCUT2D eigenvalue weighted by Crippen LogP contribution is 2.32. The van der Waals surface area contributed by atoms with Crippen LogP contribution in [-0.4, -0.2) is 15.5 Å². The zero-order valence-electron chi connectivity index (χ0n) is 11.7. The van der Waals surface area contributed by atoms with Gasteiger partial charge in [0.05, 0.1) is 11.4 Å². The lowest BCUT2D eigenvalue weighted by Crippen LogP contribution is -2.30. The molecule has 5 nitrogen and oxygen atoms in total. The number of nitrogens with two attached hydrogens (primary N) is 1. The van der Waals surface area contributed by atoms with Crippen LogP contribution in [0.3, 0.4) is 0 Å². The van der Waals surface area contributed by atoms with Gasteiger partial charge in [-0.05, 0) is 11.5 Å². The Hall–Kier alpha value is -2.18. The molecule has 0 fully saturated rings. The standard InChI is InChI=1S/C15H16N4OS/c1-2-13-17-7-8-19(13)9-11-10-5-3-4-6-12(10)21-14(11)15(20)18-16/h3-8H,2,9,16H2,1H3,(H,18,20). The van der Waals surface area contributed by atoms with Crippen LogP contribution >= 0.6 is 11.3 Å². The van der Waals surface area contributed by atoms with Gasteiger partial charge >= 0.3 is 0 Å². The number of benzene rings is 1. The number of nitrogen functional groups attached to an aromatic ring is 1. The van der Waals surface area contributed by atoms with E-state index in [0.717, 1.165) is 27.9 Å². The molecule has 6 heteroatoms. The predicted molar refractivity (Wildman–Crippen MR) is 84.2 cm³/mol. The van der Waals surface area contributed by atoms with Crippen molar-refractivity contribution in [2.75, 3.05) is 0 Å². The number of aromatic nitrogens is 2. The Morgan fingerprint density at radius 3 is 3.00 bits per heavy atom. The summed E-state index contributed by atoms with van der Waals surface area (Å²) in [5, 5.41) is 1.09. The molecule has 21 heavy (non-hydrogen) atoms. The molecule has 0 saturated heterocycles. The predicted octanol–water partition coefficient (Wildman–Crippen LogP) is 2.31. The number of hydrogen-bond acceptors (Lipinski definition) is 4. The van der Waals surface area contributed by atoms with Crippen molar-refractivity contribution in [2.45, 2.75) is 19.9 Å². The second-order valence-electron chi connectivity index (χ2n) is 4.70. The van der Waals surface area contributed by atoms with Crippen LogP contribution in [0.25, 0.3) is 10.1 Å². The van der Waals surface area contributed by atoms with Gasteiger partial charge in [-0.25, -0.2) is 10.8 Å². The highest BCUT2D eigenvalue weighted by molar-refractivity contribution is 7.21. The van der Waals surface area contributed by atoms with Crippen LogP contribution < -0.4 is 11.3 Å². The first-order valence-corrected chi connectivity index (χ1v) is 7.57. The number of rotatable bonds is 4. The molecule has 1 amide bonds. The lowest BCUT2D eigenvalue weighted by Gasteiger charge is -2.08. The Morgan fingerprint density at radius 2 is 2.24 bits per heavy atom. The van der Waals surface area contributed by atoms with Gasteiger partial charge < -0.3 is 4.57 Å². The maximum atomic E-state index is 12.0. The Morgan fingerprint density at radius 1 is 1.43 bits per heavy atom. The van der Waals surface area contributed by atoms with Crippen molar-refractivity contribution in [1.82, 2.24) is 15.0 Å². The highest BCUT2D eigenvalue weighted by Gasteiger charge is 2.18. The van der Waals surface area contributed by atoms with Gasteiger partial charge in [0, 0.05) is 29.1 Å². The average Bonchev–Trinajstić information content (AvgIpc) is 3.11. The fraction of sp³-hybridized carbons (Fsp3) is 0.200. The molecule has 0 aliphatic rings. The van der Waals surface area contributed by atoms with Gasteiger partial charge in [0.2, 0.25) is 0 Å². The normalized spacial score (nSPS) is 11.0. The molecule has 0 unspecified atom stereocenters. The van der Waals surface area contributed by atoms with E-state index in [9.17, 15) is 4.79 Å². The van der Waals surface area contributed by atoms with Crippen molar-refractivity contribution in [3.05, 3.63) is 52.9 Å². The van der Waals surface area contributed by atoms with Crippen molar-refractivity contribution in [2.24, 2.45) is 5.84 Å². The van der Waals surface area contributed by atoms with E-state index in [1.807, 2.05) is 30.5 Å². The Balaban J connectivity index is 2.13. The SMILES string of the molecule is CCc1nccn1Cc1c(C(=O)NN)sc2ccccc12. The van der Waals surface area contributed by atoms with E-state index in [0.29, 0.717) is 11.4 Å². The Bertz CT molecular complexity index is 790. The largest absolute Gasteiger partial charge is 0.330 e. The topological polar surface area (TPSA) is 72.9 Å². The minimum Gasteiger partial charge on any atom is -0.330 e. The molecule has 3 N–H and O–H groups in total. The van der Waals surface area contributed by atoms with Crippen LogP contribution in [0.4, 0.5) is 0 Å². The van der Waals surface area contributed by atoms with E-state index in [1.54, 1.807) is 6.20 Å². The molecular weight excluding hydrogens is 284 g/mol. The number of hydrazine groups is 1. The summed E-state index contributed by atoms with van der Waals surface area (Å²) >= 11 is 1.47. The molecule has 0 spiro atoms. The van der Waals surface area contributed by atoms with Gasteiger partial charge in [0.25, 0.3) is 5.91 Å². The molecule has 3 rings (SSSR count). The van der Waals surface area contributed by atoms with Crippen molar-refractivity contribution >= 4 is 27.3 Å². The first-order chi connectivity index (χ1) is 10.2. The number of fused-ring (bicyclic) bond motifs is 1. The molecule has 0 aliphatic heterocycles. The summed E-state index contributed by atoms with van der Waals surface area (Å²) in [5.74, 6) is 6.07. The molecule has 1 aromatic carbocycles. The molecule has 108 valence electrons. The Labute approximate surface area is 126 Å². The second-order valence-corrected chi connectivity index (χ2v) is 5.76. The number of imidazole rings is 1. The van der Waals surface area contributed by atoms with Gasteiger partial charge in [0.15, 0.2) is 0 Å². The maximum Gasteiger partial charge on any atom is 0.275 e. The zero-order valence-corrected chi connectivity index (χ0v) is 12.5. The number of carbonyl (C=O) groups is 1. The number of hydrogen-bond donors (Lipinski definition) is 2. The summed E-state index contributed by atoms with van der Waals surface area (Å²) in [6.07, 6.45) is 4.58. The van der Waals surface area contributed by atoms with Crippen molar-refractivity contribution in [1.29, 1.82) is 0 Å². The fourth-order valence-electron chi connectivity index (χ4n) is 2.47. The molecular formula is C15H16N4OS. The number of aryl methyl sites for hydroxylation is 1. The molecule has 0 atom stereocenters. The smallest absolute Gasteiger partial charge is 0.275 e. The van der Waals surface area contributed by atoms with E-state index in [-0.39, 0.29) is 5.91 Å². The fourth-order valence-corrected chi connectivity index (χ4v) is 3.59. The van der Waals surface area contributed by atoms with Crippen LogP contribution in [0, 0.1) is 0 Å². The van der Waals surface area contributed by atoms with Crippen molar-refractivity contribution in [3.63, 3.8) is 0 Å². The third-order valence-corrected chi connectivity index (χ3v) is 4.69. The highest BCUT2D eigenvalue weighted by atomic mass is 32.1. The summed E-state index contributed by atoms with van der Waals surface area (Å²) < 4.78 is 3.16. The van der Waals surface area contributed by atoms with Gasteiger partial charge in [-0.15, -0.1) is 11.3 Å². The molecule has 0 radical (unpaired) electrons. The van der Waals surface area contributed by atoms with E-state index < -0.39 is 0 Å². The maximum absolute atomic E-state index is 12.0. The minimum absolute atomic E-state index is 0.246. The lowest BCUT2D eigenvalue weighted by atomic mass is 10.1. The summed E-state index contributed by atoms with van der Waals surface area (Å²) in [5.41, 5.74) is 3.23. The Kier molecular flexibility index (Phi) is 3.72. The summed E-state index contributed by atoms with van der Waals surface area (Å²) in [7, 11) is 0. The molecule has 0 aliphatic carbocycles. The number of nitrogens with zero attached hydrogens (tertiary/aromatic N) is 2. The molecule has 0 bridgehead atoms. The van der Waals surface area contributed by atoms with Crippen LogP contribution in [0.5, 0.6) is 0 Å². The third kappa shape index (κ3) is 2.43. The van der Waals surface area contributed by atoms with Gasteiger partial charge in [0.1, 0.15) is 5.82 Å². The summed E-state index contributed by atoms with van der Waals surface area (Å²) in [4.78, 5) is 17.0.